The SMILES string of the molecule is CCCCCC/C=C/CC/C=C/CC/C=C/C(O)C(CO)NC(=O)CC(O)CCCCCCCCCCCCCCCCCCCCCCCCCCC. The topological polar surface area (TPSA) is 89.8 Å². The Morgan fingerprint density at radius 1 is 0.463 bits per heavy atom. The zero-order valence-corrected chi connectivity index (χ0v) is 36.1. The van der Waals surface area contributed by atoms with Crippen LogP contribution in [-0.4, -0.2) is 46.1 Å². The van der Waals surface area contributed by atoms with Gasteiger partial charge in [-0.3, -0.25) is 4.79 Å². The molecule has 4 N–H and O–H groups in total. The predicted molar refractivity (Wildman–Crippen MR) is 236 cm³/mol. The van der Waals surface area contributed by atoms with Crippen LogP contribution in [0.5, 0.6) is 0 Å². The molecule has 0 spiro atoms. The molecule has 0 radical (unpaired) electrons. The summed E-state index contributed by atoms with van der Waals surface area (Å²) in [5.74, 6) is -0.327. The summed E-state index contributed by atoms with van der Waals surface area (Å²) in [5, 5.41) is 33.2. The lowest BCUT2D eigenvalue weighted by Crippen LogP contribution is -2.45. The van der Waals surface area contributed by atoms with Crippen LogP contribution >= 0.6 is 0 Å². The Morgan fingerprint density at radius 3 is 1.19 bits per heavy atom. The largest absolute Gasteiger partial charge is 0.394 e. The van der Waals surface area contributed by atoms with Crippen molar-refractivity contribution in [2.75, 3.05) is 6.61 Å². The van der Waals surface area contributed by atoms with Crippen LogP contribution in [0.1, 0.15) is 245 Å². The van der Waals surface area contributed by atoms with Crippen molar-refractivity contribution in [1.29, 1.82) is 0 Å². The molecule has 0 heterocycles. The summed E-state index contributed by atoms with van der Waals surface area (Å²) in [5.41, 5.74) is 0. The molecule has 0 saturated heterocycles. The minimum Gasteiger partial charge on any atom is -0.394 e. The third kappa shape index (κ3) is 40.2. The van der Waals surface area contributed by atoms with Crippen LogP contribution in [0.15, 0.2) is 36.5 Å². The molecule has 3 unspecified atom stereocenters. The third-order valence-corrected chi connectivity index (χ3v) is 10.9. The van der Waals surface area contributed by atoms with Crippen molar-refractivity contribution in [3.63, 3.8) is 0 Å². The Hall–Kier alpha value is -1.43. The van der Waals surface area contributed by atoms with E-state index >= 15 is 0 Å². The van der Waals surface area contributed by atoms with E-state index < -0.39 is 18.2 Å². The Morgan fingerprint density at radius 2 is 0.796 bits per heavy atom. The fourth-order valence-electron chi connectivity index (χ4n) is 7.25. The first-order valence-corrected chi connectivity index (χ1v) is 23.8. The summed E-state index contributed by atoms with van der Waals surface area (Å²) in [6.07, 6.45) is 55.9. The highest BCUT2D eigenvalue weighted by Gasteiger charge is 2.20. The van der Waals surface area contributed by atoms with Crippen molar-refractivity contribution in [2.45, 2.75) is 263 Å². The summed E-state index contributed by atoms with van der Waals surface area (Å²) in [6.45, 7) is 4.19. The predicted octanol–water partition coefficient (Wildman–Crippen LogP) is 13.9. The molecule has 0 aromatic carbocycles. The lowest BCUT2D eigenvalue weighted by Gasteiger charge is -2.21. The maximum Gasteiger partial charge on any atom is 0.222 e. The van der Waals surface area contributed by atoms with E-state index in [0.717, 1.165) is 38.5 Å². The summed E-state index contributed by atoms with van der Waals surface area (Å²) in [6, 6.07) is -0.765. The van der Waals surface area contributed by atoms with Crippen molar-refractivity contribution >= 4 is 5.91 Å². The van der Waals surface area contributed by atoms with E-state index in [1.807, 2.05) is 6.08 Å². The van der Waals surface area contributed by atoms with Gasteiger partial charge < -0.3 is 20.6 Å². The van der Waals surface area contributed by atoms with Gasteiger partial charge in [-0.25, -0.2) is 0 Å². The molecule has 0 aliphatic rings. The van der Waals surface area contributed by atoms with Gasteiger partial charge in [0.05, 0.1) is 31.3 Å². The number of rotatable bonds is 43. The standard InChI is InChI=1S/C49H93NO4/c1-3-5-7-9-11-13-15-17-19-20-21-22-23-24-25-26-27-28-29-30-32-34-36-38-40-42-46(52)44-49(54)50-47(45-51)48(53)43-41-39-37-35-33-31-18-16-14-12-10-8-6-4-2/h14,16,33,35,41,43,46-48,51-53H,3-13,15,17-32,34,36-40,42,44-45H2,1-2H3,(H,50,54)/b16-14+,35-33+,43-41+. The van der Waals surface area contributed by atoms with Gasteiger partial charge in [0.2, 0.25) is 5.91 Å². The number of unbranched alkanes of at least 4 members (excludes halogenated alkanes) is 30. The van der Waals surface area contributed by atoms with Gasteiger partial charge in [-0.2, -0.15) is 0 Å². The number of hydrogen-bond donors (Lipinski definition) is 4. The molecule has 318 valence electrons. The molecule has 0 rings (SSSR count). The van der Waals surface area contributed by atoms with Crippen LogP contribution in [0, 0.1) is 0 Å². The van der Waals surface area contributed by atoms with Crippen LogP contribution < -0.4 is 5.32 Å². The smallest absolute Gasteiger partial charge is 0.222 e. The Labute approximate surface area is 336 Å². The molecule has 0 aliphatic heterocycles. The second-order valence-electron chi connectivity index (χ2n) is 16.4. The highest BCUT2D eigenvalue weighted by molar-refractivity contribution is 5.76. The quantitative estimate of drug-likeness (QED) is 0.0368. The summed E-state index contributed by atoms with van der Waals surface area (Å²) in [7, 11) is 0. The molecular formula is C49H93NO4. The van der Waals surface area contributed by atoms with Gasteiger partial charge in [-0.1, -0.05) is 230 Å². The minimum absolute atomic E-state index is 0.00513. The molecule has 0 aliphatic carbocycles. The Balaban J connectivity index is 3.60. The Bertz CT molecular complexity index is 840. The summed E-state index contributed by atoms with van der Waals surface area (Å²) >= 11 is 0. The van der Waals surface area contributed by atoms with Crippen molar-refractivity contribution in [2.24, 2.45) is 0 Å². The molecule has 1 amide bonds. The van der Waals surface area contributed by atoms with Crippen LogP contribution in [0.2, 0.25) is 0 Å². The average Bonchev–Trinajstić information content (AvgIpc) is 3.16. The highest BCUT2D eigenvalue weighted by Crippen LogP contribution is 2.17. The van der Waals surface area contributed by atoms with Gasteiger partial charge >= 0.3 is 0 Å². The van der Waals surface area contributed by atoms with E-state index in [4.69, 9.17) is 0 Å². The molecule has 5 heteroatoms. The van der Waals surface area contributed by atoms with E-state index in [-0.39, 0.29) is 18.9 Å². The van der Waals surface area contributed by atoms with Crippen molar-refractivity contribution in [1.82, 2.24) is 5.32 Å². The van der Waals surface area contributed by atoms with E-state index in [0.29, 0.717) is 6.42 Å². The van der Waals surface area contributed by atoms with Gasteiger partial charge in [-0.05, 0) is 44.9 Å². The molecule has 0 bridgehead atoms. The number of aliphatic hydroxyl groups excluding tert-OH is 3. The molecule has 0 aromatic rings. The van der Waals surface area contributed by atoms with Gasteiger partial charge in [0.15, 0.2) is 0 Å². The molecule has 0 saturated carbocycles. The van der Waals surface area contributed by atoms with Crippen LogP contribution in [0.3, 0.4) is 0 Å². The monoisotopic (exact) mass is 760 g/mol. The fourth-order valence-corrected chi connectivity index (χ4v) is 7.25. The maximum absolute atomic E-state index is 12.4. The number of allylic oxidation sites excluding steroid dienone is 5. The lowest BCUT2D eigenvalue weighted by molar-refractivity contribution is -0.124. The first-order chi connectivity index (χ1) is 26.5. The average molecular weight is 760 g/mol. The third-order valence-electron chi connectivity index (χ3n) is 10.9. The molecule has 54 heavy (non-hydrogen) atoms. The van der Waals surface area contributed by atoms with E-state index in [1.165, 1.54) is 180 Å². The second kappa shape index (κ2) is 44.3. The molecule has 3 atom stereocenters. The van der Waals surface area contributed by atoms with E-state index in [2.05, 4.69) is 43.5 Å². The summed E-state index contributed by atoms with van der Waals surface area (Å²) in [4.78, 5) is 12.4. The number of aliphatic hydroxyl groups is 3. The number of nitrogens with one attached hydrogen (secondary N) is 1. The lowest BCUT2D eigenvalue weighted by atomic mass is 10.0. The molecular weight excluding hydrogens is 667 g/mol. The second-order valence-corrected chi connectivity index (χ2v) is 16.4. The van der Waals surface area contributed by atoms with Crippen LogP contribution in [-0.2, 0) is 4.79 Å². The van der Waals surface area contributed by atoms with Crippen LogP contribution in [0.4, 0.5) is 0 Å². The van der Waals surface area contributed by atoms with Crippen LogP contribution in [0.25, 0.3) is 0 Å². The zero-order chi connectivity index (χ0) is 39.4. The van der Waals surface area contributed by atoms with Crippen molar-refractivity contribution < 1.29 is 20.1 Å². The molecule has 0 fully saturated rings. The highest BCUT2D eigenvalue weighted by atomic mass is 16.3. The van der Waals surface area contributed by atoms with E-state index in [1.54, 1.807) is 6.08 Å². The fraction of sp³-hybridized carbons (Fsp3) is 0.857. The van der Waals surface area contributed by atoms with Gasteiger partial charge in [0.25, 0.3) is 0 Å². The maximum atomic E-state index is 12.4. The Kier molecular flexibility index (Phi) is 43.1. The first kappa shape index (κ1) is 52.6. The van der Waals surface area contributed by atoms with Gasteiger partial charge in [0.1, 0.15) is 0 Å². The molecule has 5 nitrogen and oxygen atoms in total. The van der Waals surface area contributed by atoms with Gasteiger partial charge in [-0.15, -0.1) is 0 Å². The minimum atomic E-state index is -0.957. The first-order valence-electron chi connectivity index (χ1n) is 23.8. The zero-order valence-electron chi connectivity index (χ0n) is 36.1. The van der Waals surface area contributed by atoms with Gasteiger partial charge in [0, 0.05) is 0 Å². The van der Waals surface area contributed by atoms with Crippen molar-refractivity contribution in [3.05, 3.63) is 36.5 Å². The summed E-state index contributed by atoms with van der Waals surface area (Å²) < 4.78 is 0. The normalized spacial score (nSPS) is 13.8. The number of carbonyl (C=O) groups excluding carboxylic acids is 1. The number of carbonyl (C=O) groups is 1. The number of hydrogen-bond acceptors (Lipinski definition) is 4. The molecule has 0 aromatic heterocycles. The number of amides is 1. The van der Waals surface area contributed by atoms with Crippen molar-refractivity contribution in [3.8, 4) is 0 Å². The van der Waals surface area contributed by atoms with E-state index in [9.17, 15) is 20.1 Å².